The fourth-order valence-corrected chi connectivity index (χ4v) is 5.83. The van der Waals surface area contributed by atoms with Crippen molar-refractivity contribution in [3.8, 4) is 11.5 Å². The lowest BCUT2D eigenvalue weighted by Crippen LogP contribution is -2.26. The zero-order valence-electron chi connectivity index (χ0n) is 17.1. The molecule has 1 unspecified atom stereocenters. The molecule has 0 radical (unpaired) electrons. The number of thioether (sulfide) groups is 1. The summed E-state index contributed by atoms with van der Waals surface area (Å²) in [6.07, 6.45) is 4.47. The van der Waals surface area contributed by atoms with E-state index >= 15 is 0 Å². The Labute approximate surface area is 177 Å². The second-order valence-electron chi connectivity index (χ2n) is 8.15. The third kappa shape index (κ3) is 4.73. The van der Waals surface area contributed by atoms with Gasteiger partial charge in [-0.3, -0.25) is 0 Å². The molecule has 2 N–H and O–H groups in total. The van der Waals surface area contributed by atoms with Crippen LogP contribution in [0.5, 0.6) is 11.5 Å². The smallest absolute Gasteiger partial charge is 0.160 e. The highest BCUT2D eigenvalue weighted by Gasteiger charge is 2.31. The Balaban J connectivity index is 1.62. The lowest BCUT2D eigenvalue weighted by Gasteiger charge is -2.32. The van der Waals surface area contributed by atoms with Gasteiger partial charge >= 0.3 is 0 Å². The highest BCUT2D eigenvalue weighted by Crippen LogP contribution is 2.46. The van der Waals surface area contributed by atoms with E-state index < -0.39 is 0 Å². The summed E-state index contributed by atoms with van der Waals surface area (Å²) >= 11 is 1.80. The zero-order chi connectivity index (χ0) is 20.4. The van der Waals surface area contributed by atoms with Crippen molar-refractivity contribution in [1.29, 1.82) is 0 Å². The molecule has 0 aromatic heterocycles. The monoisotopic (exact) mass is 414 g/mol. The van der Waals surface area contributed by atoms with Crippen molar-refractivity contribution in [3.05, 3.63) is 58.7 Å². The molecule has 1 aliphatic heterocycles. The first kappa shape index (κ1) is 20.6. The second kappa shape index (κ2) is 8.99. The standard InChI is InChI=1S/C24H30O4S/c1-27-22-8-3-15(10-23(22)28-2)9-18-11-17(6-7-21(18)16-4-5-16)24-13-19(26)12-20(14-25)29-24/h3,6-8,10-11,16,19-20,24-26H,4-5,9,12-14H2,1-2H3/t19-,20-,24?/m0/s1. The van der Waals surface area contributed by atoms with E-state index in [4.69, 9.17) is 9.47 Å². The second-order valence-corrected chi connectivity index (χ2v) is 9.66. The molecule has 1 saturated heterocycles. The molecule has 0 bridgehead atoms. The van der Waals surface area contributed by atoms with Crippen molar-refractivity contribution in [2.45, 2.75) is 54.6 Å². The molecule has 4 nitrogen and oxygen atoms in total. The number of methoxy groups -OCH3 is 2. The van der Waals surface area contributed by atoms with Gasteiger partial charge in [0.25, 0.3) is 0 Å². The summed E-state index contributed by atoms with van der Waals surface area (Å²) in [4.78, 5) is 0. The first-order valence-electron chi connectivity index (χ1n) is 10.4. The van der Waals surface area contributed by atoms with E-state index in [0.29, 0.717) is 12.3 Å². The van der Waals surface area contributed by atoms with Crippen LogP contribution in [-0.2, 0) is 6.42 Å². The first-order valence-corrected chi connectivity index (χ1v) is 11.3. The third-order valence-electron chi connectivity index (χ3n) is 5.98. The Hall–Kier alpha value is -1.69. The molecule has 2 aliphatic rings. The number of aliphatic hydroxyl groups excluding tert-OH is 2. The number of hydrogen-bond acceptors (Lipinski definition) is 5. The topological polar surface area (TPSA) is 58.9 Å². The number of aliphatic hydroxyl groups is 2. The van der Waals surface area contributed by atoms with E-state index in [1.54, 1.807) is 26.0 Å². The Bertz CT molecular complexity index is 849. The molecule has 2 fully saturated rings. The summed E-state index contributed by atoms with van der Waals surface area (Å²) in [5, 5.41) is 20.2. The van der Waals surface area contributed by atoms with Crippen LogP contribution in [0.15, 0.2) is 36.4 Å². The molecular weight excluding hydrogens is 384 g/mol. The summed E-state index contributed by atoms with van der Waals surface area (Å²) in [5.41, 5.74) is 5.26. The third-order valence-corrected chi connectivity index (χ3v) is 7.50. The Kier molecular flexibility index (Phi) is 6.38. The van der Waals surface area contributed by atoms with Crippen LogP contribution in [-0.4, -0.2) is 42.4 Å². The highest BCUT2D eigenvalue weighted by atomic mass is 32.2. The zero-order valence-corrected chi connectivity index (χ0v) is 18.0. The molecule has 0 amide bonds. The highest BCUT2D eigenvalue weighted by molar-refractivity contribution is 8.00. The normalized spacial score (nSPS) is 24.3. The van der Waals surface area contributed by atoms with Crippen LogP contribution in [0, 0.1) is 0 Å². The van der Waals surface area contributed by atoms with Crippen molar-refractivity contribution in [2.24, 2.45) is 0 Å². The summed E-state index contributed by atoms with van der Waals surface area (Å²) < 4.78 is 10.9. The maximum Gasteiger partial charge on any atom is 0.160 e. The van der Waals surface area contributed by atoms with Crippen molar-refractivity contribution in [2.75, 3.05) is 20.8 Å². The van der Waals surface area contributed by atoms with Crippen molar-refractivity contribution in [3.63, 3.8) is 0 Å². The van der Waals surface area contributed by atoms with Crippen LogP contribution in [0.4, 0.5) is 0 Å². The Morgan fingerprint density at radius 1 is 1.00 bits per heavy atom. The fourth-order valence-electron chi connectivity index (χ4n) is 4.30. The molecular formula is C24H30O4S. The maximum atomic E-state index is 10.3. The summed E-state index contributed by atoms with van der Waals surface area (Å²) in [7, 11) is 3.32. The molecule has 1 saturated carbocycles. The lowest BCUT2D eigenvalue weighted by atomic mass is 9.92. The summed E-state index contributed by atoms with van der Waals surface area (Å²) in [6.45, 7) is 0.122. The van der Waals surface area contributed by atoms with E-state index in [-0.39, 0.29) is 23.2 Å². The molecule has 2 aromatic carbocycles. The van der Waals surface area contributed by atoms with Crippen LogP contribution < -0.4 is 9.47 Å². The van der Waals surface area contributed by atoms with Gasteiger partial charge in [-0.25, -0.2) is 0 Å². The van der Waals surface area contributed by atoms with Crippen LogP contribution in [0.2, 0.25) is 0 Å². The molecule has 29 heavy (non-hydrogen) atoms. The largest absolute Gasteiger partial charge is 0.493 e. The van der Waals surface area contributed by atoms with Gasteiger partial charge in [0.2, 0.25) is 0 Å². The quantitative estimate of drug-likeness (QED) is 0.700. The maximum absolute atomic E-state index is 10.3. The molecule has 2 aromatic rings. The van der Waals surface area contributed by atoms with E-state index in [9.17, 15) is 10.2 Å². The SMILES string of the molecule is COc1ccc(Cc2cc(C3C[C@@H](O)C[C@@H](CO)S3)ccc2C2CC2)cc1OC. The van der Waals surface area contributed by atoms with Gasteiger partial charge in [-0.1, -0.05) is 24.3 Å². The molecule has 156 valence electrons. The number of benzene rings is 2. The van der Waals surface area contributed by atoms with E-state index in [0.717, 1.165) is 24.3 Å². The molecule has 0 spiro atoms. The molecule has 1 aliphatic carbocycles. The van der Waals surface area contributed by atoms with Crippen LogP contribution in [0.25, 0.3) is 0 Å². The van der Waals surface area contributed by atoms with Gasteiger partial charge in [0.1, 0.15) is 0 Å². The van der Waals surface area contributed by atoms with Gasteiger partial charge in [0.15, 0.2) is 11.5 Å². The average molecular weight is 415 g/mol. The van der Waals surface area contributed by atoms with Crippen LogP contribution >= 0.6 is 11.8 Å². The molecule has 3 atom stereocenters. The van der Waals surface area contributed by atoms with Crippen LogP contribution in [0.1, 0.15) is 59.1 Å². The van der Waals surface area contributed by atoms with E-state index in [2.05, 4.69) is 30.3 Å². The Morgan fingerprint density at radius 2 is 1.79 bits per heavy atom. The van der Waals surface area contributed by atoms with Crippen molar-refractivity contribution < 1.29 is 19.7 Å². The van der Waals surface area contributed by atoms with E-state index in [1.807, 2.05) is 6.07 Å². The van der Waals surface area contributed by atoms with Gasteiger partial charge in [-0.2, -0.15) is 0 Å². The Morgan fingerprint density at radius 3 is 2.48 bits per heavy atom. The minimum Gasteiger partial charge on any atom is -0.493 e. The van der Waals surface area contributed by atoms with E-state index in [1.165, 1.54) is 35.1 Å². The lowest BCUT2D eigenvalue weighted by molar-refractivity contribution is 0.137. The van der Waals surface area contributed by atoms with Crippen molar-refractivity contribution in [1.82, 2.24) is 0 Å². The number of ether oxygens (including phenoxy) is 2. The molecule has 4 rings (SSSR count). The van der Waals surface area contributed by atoms with Gasteiger partial charge in [-0.15, -0.1) is 11.8 Å². The number of rotatable bonds is 7. The van der Waals surface area contributed by atoms with Crippen molar-refractivity contribution >= 4 is 11.8 Å². The van der Waals surface area contributed by atoms with Gasteiger partial charge in [-0.05, 0) is 72.4 Å². The fraction of sp³-hybridized carbons (Fsp3) is 0.500. The van der Waals surface area contributed by atoms with Gasteiger partial charge in [0, 0.05) is 10.5 Å². The summed E-state index contributed by atoms with van der Waals surface area (Å²) in [6, 6.07) is 13.0. The minimum absolute atomic E-state index is 0.112. The molecule has 1 heterocycles. The van der Waals surface area contributed by atoms with Gasteiger partial charge < -0.3 is 19.7 Å². The van der Waals surface area contributed by atoms with Crippen LogP contribution in [0.3, 0.4) is 0 Å². The predicted octanol–water partition coefficient (Wildman–Crippen LogP) is 4.46. The number of hydrogen-bond donors (Lipinski definition) is 2. The summed E-state index contributed by atoms with van der Waals surface area (Å²) in [5.74, 6) is 2.18. The predicted molar refractivity (Wildman–Crippen MR) is 117 cm³/mol. The first-order chi connectivity index (χ1) is 14.1. The average Bonchev–Trinajstić information content (AvgIpc) is 3.58. The minimum atomic E-state index is -0.337. The molecule has 5 heteroatoms. The van der Waals surface area contributed by atoms with Gasteiger partial charge in [0.05, 0.1) is 26.9 Å².